The van der Waals surface area contributed by atoms with Crippen LogP contribution in [0.1, 0.15) is 39.0 Å². The Kier molecular flexibility index (Phi) is 7.00. The summed E-state index contributed by atoms with van der Waals surface area (Å²) in [6.45, 7) is 2.66. The molecule has 1 N–H and O–H groups in total. The normalized spacial score (nSPS) is 25.3. The average Bonchev–Trinajstić information content (AvgIpc) is 2.26. The summed E-state index contributed by atoms with van der Waals surface area (Å²) < 4.78 is 39.8. The van der Waals surface area contributed by atoms with Crippen molar-refractivity contribution >= 4 is 0 Å². The Morgan fingerprint density at radius 3 is 2.67 bits per heavy atom. The van der Waals surface area contributed by atoms with Crippen LogP contribution in [0.25, 0.3) is 0 Å². The van der Waals surface area contributed by atoms with Crippen molar-refractivity contribution in [2.45, 2.75) is 45.2 Å². The molecule has 5 heteroatoms. The van der Waals surface area contributed by atoms with Crippen molar-refractivity contribution in [1.29, 1.82) is 0 Å². The highest BCUT2D eigenvalue weighted by molar-refractivity contribution is 4.71. The first-order valence-corrected chi connectivity index (χ1v) is 6.82. The lowest BCUT2D eigenvalue weighted by Crippen LogP contribution is -2.26. The van der Waals surface area contributed by atoms with Crippen molar-refractivity contribution in [1.82, 2.24) is 5.32 Å². The third kappa shape index (κ3) is 7.93. The van der Waals surface area contributed by atoms with E-state index in [4.69, 9.17) is 0 Å². The maximum Gasteiger partial charge on any atom is 0.411 e. The van der Waals surface area contributed by atoms with E-state index in [-0.39, 0.29) is 6.61 Å². The first kappa shape index (κ1) is 15.8. The molecule has 0 bridgehead atoms. The Morgan fingerprint density at radius 1 is 1.22 bits per heavy atom. The van der Waals surface area contributed by atoms with Crippen LogP contribution in [-0.4, -0.2) is 32.5 Å². The fraction of sp³-hybridized carbons (Fsp3) is 1.00. The number of nitrogens with one attached hydrogen (secondary N) is 1. The Morgan fingerprint density at radius 2 is 2.00 bits per heavy atom. The van der Waals surface area contributed by atoms with Crippen LogP contribution in [0.2, 0.25) is 0 Å². The molecule has 0 aromatic heterocycles. The number of alkyl halides is 3. The van der Waals surface area contributed by atoms with E-state index >= 15 is 0 Å². The van der Waals surface area contributed by atoms with Gasteiger partial charge in [0, 0.05) is 6.54 Å². The van der Waals surface area contributed by atoms with Gasteiger partial charge in [-0.2, -0.15) is 13.2 Å². The third-order valence-electron chi connectivity index (χ3n) is 3.46. The summed E-state index contributed by atoms with van der Waals surface area (Å²) in [6, 6.07) is 0. The van der Waals surface area contributed by atoms with Gasteiger partial charge in [-0.05, 0) is 31.2 Å². The molecule has 1 saturated carbocycles. The molecular weight excluding hydrogens is 243 g/mol. The van der Waals surface area contributed by atoms with Gasteiger partial charge in [0.25, 0.3) is 0 Å². The minimum Gasteiger partial charge on any atom is -0.371 e. The van der Waals surface area contributed by atoms with Crippen LogP contribution in [0.4, 0.5) is 13.2 Å². The highest BCUT2D eigenvalue weighted by Gasteiger charge is 2.27. The standard InChI is InChI=1S/C13H24F3NO/c1-11-3-2-4-12(9-11)5-6-17-7-8-18-10-13(14,15)16/h11-12,17H,2-10H2,1H3. The van der Waals surface area contributed by atoms with Crippen molar-refractivity contribution in [2.75, 3.05) is 26.3 Å². The molecule has 1 aliphatic carbocycles. The van der Waals surface area contributed by atoms with Crippen molar-refractivity contribution in [3.63, 3.8) is 0 Å². The second-order valence-corrected chi connectivity index (χ2v) is 5.34. The quantitative estimate of drug-likeness (QED) is 0.714. The predicted octanol–water partition coefficient (Wildman–Crippen LogP) is 3.37. The molecule has 108 valence electrons. The first-order chi connectivity index (χ1) is 8.47. The largest absolute Gasteiger partial charge is 0.411 e. The second-order valence-electron chi connectivity index (χ2n) is 5.34. The molecule has 2 unspecified atom stereocenters. The van der Waals surface area contributed by atoms with Gasteiger partial charge >= 0.3 is 6.18 Å². The fourth-order valence-electron chi connectivity index (χ4n) is 2.59. The summed E-state index contributed by atoms with van der Waals surface area (Å²) in [7, 11) is 0. The summed E-state index contributed by atoms with van der Waals surface area (Å²) in [5.41, 5.74) is 0. The van der Waals surface area contributed by atoms with Gasteiger partial charge in [0.05, 0.1) is 6.61 Å². The Balaban J connectivity index is 1.89. The minimum absolute atomic E-state index is 0.126. The van der Waals surface area contributed by atoms with Gasteiger partial charge in [-0.25, -0.2) is 0 Å². The van der Waals surface area contributed by atoms with Crippen LogP contribution in [0, 0.1) is 11.8 Å². The zero-order valence-electron chi connectivity index (χ0n) is 11.1. The van der Waals surface area contributed by atoms with Crippen molar-refractivity contribution in [3.05, 3.63) is 0 Å². The zero-order valence-corrected chi connectivity index (χ0v) is 11.1. The number of ether oxygens (including phenoxy) is 1. The van der Waals surface area contributed by atoms with E-state index < -0.39 is 12.8 Å². The van der Waals surface area contributed by atoms with Gasteiger partial charge in [-0.1, -0.05) is 26.2 Å². The molecule has 0 aromatic carbocycles. The van der Waals surface area contributed by atoms with Gasteiger partial charge in [0.1, 0.15) is 6.61 Å². The van der Waals surface area contributed by atoms with Crippen LogP contribution in [0.5, 0.6) is 0 Å². The summed E-state index contributed by atoms with van der Waals surface area (Å²) in [4.78, 5) is 0. The molecule has 0 heterocycles. The number of hydrogen-bond acceptors (Lipinski definition) is 2. The fourth-order valence-corrected chi connectivity index (χ4v) is 2.59. The molecule has 2 atom stereocenters. The topological polar surface area (TPSA) is 21.3 Å². The smallest absolute Gasteiger partial charge is 0.371 e. The van der Waals surface area contributed by atoms with E-state index in [0.717, 1.165) is 24.8 Å². The second kappa shape index (κ2) is 8.00. The zero-order chi connectivity index (χ0) is 13.4. The lowest BCUT2D eigenvalue weighted by atomic mass is 9.81. The molecule has 2 nitrogen and oxygen atoms in total. The van der Waals surface area contributed by atoms with E-state index in [1.54, 1.807) is 0 Å². The Hall–Kier alpha value is -0.290. The van der Waals surface area contributed by atoms with Gasteiger partial charge in [-0.15, -0.1) is 0 Å². The van der Waals surface area contributed by atoms with Crippen LogP contribution in [-0.2, 0) is 4.74 Å². The number of hydrogen-bond donors (Lipinski definition) is 1. The molecule has 1 rings (SSSR count). The minimum atomic E-state index is -4.21. The molecule has 0 radical (unpaired) electrons. The molecule has 0 saturated heterocycles. The van der Waals surface area contributed by atoms with E-state index in [1.165, 1.54) is 25.7 Å². The van der Waals surface area contributed by atoms with Crippen LogP contribution in [0.3, 0.4) is 0 Å². The van der Waals surface area contributed by atoms with Crippen LogP contribution in [0.15, 0.2) is 0 Å². The molecule has 1 fully saturated rings. The Bertz CT molecular complexity index is 221. The maximum atomic E-state index is 11.8. The molecule has 1 aliphatic rings. The summed E-state index contributed by atoms with van der Waals surface area (Å²) in [5, 5.41) is 3.14. The molecule has 0 aliphatic heterocycles. The number of halogens is 3. The summed E-state index contributed by atoms with van der Waals surface area (Å²) in [6.07, 6.45) is 2.18. The highest BCUT2D eigenvalue weighted by atomic mass is 19.4. The van der Waals surface area contributed by atoms with Crippen LogP contribution >= 0.6 is 0 Å². The molecule has 0 amide bonds. The maximum absolute atomic E-state index is 11.8. The SMILES string of the molecule is CC1CCCC(CCNCCOCC(F)(F)F)C1. The molecular formula is C13H24F3NO. The van der Waals surface area contributed by atoms with Crippen molar-refractivity contribution < 1.29 is 17.9 Å². The van der Waals surface area contributed by atoms with Gasteiger partial charge in [0.15, 0.2) is 0 Å². The summed E-state index contributed by atoms with van der Waals surface area (Å²) in [5.74, 6) is 1.62. The lowest BCUT2D eigenvalue weighted by Gasteiger charge is -2.26. The molecule has 0 aromatic rings. The molecule has 0 spiro atoms. The van der Waals surface area contributed by atoms with Gasteiger partial charge in [0.2, 0.25) is 0 Å². The monoisotopic (exact) mass is 267 g/mol. The van der Waals surface area contributed by atoms with Gasteiger partial charge in [-0.3, -0.25) is 0 Å². The van der Waals surface area contributed by atoms with Gasteiger partial charge < -0.3 is 10.1 Å². The number of rotatable bonds is 7. The third-order valence-corrected chi connectivity index (χ3v) is 3.46. The van der Waals surface area contributed by atoms with Crippen molar-refractivity contribution in [2.24, 2.45) is 11.8 Å². The van der Waals surface area contributed by atoms with Crippen molar-refractivity contribution in [3.8, 4) is 0 Å². The summed E-state index contributed by atoms with van der Waals surface area (Å²) >= 11 is 0. The molecule has 18 heavy (non-hydrogen) atoms. The predicted molar refractivity (Wildman–Crippen MR) is 65.5 cm³/mol. The van der Waals surface area contributed by atoms with E-state index in [1.807, 2.05) is 0 Å². The van der Waals surface area contributed by atoms with E-state index in [9.17, 15) is 13.2 Å². The van der Waals surface area contributed by atoms with E-state index in [0.29, 0.717) is 6.54 Å². The van der Waals surface area contributed by atoms with E-state index in [2.05, 4.69) is 17.0 Å². The van der Waals surface area contributed by atoms with Crippen LogP contribution < -0.4 is 5.32 Å². The first-order valence-electron chi connectivity index (χ1n) is 6.82. The highest BCUT2D eigenvalue weighted by Crippen LogP contribution is 2.30. The Labute approximate surface area is 107 Å². The average molecular weight is 267 g/mol. The lowest BCUT2D eigenvalue weighted by molar-refractivity contribution is -0.173.